The lowest BCUT2D eigenvalue weighted by Crippen LogP contribution is -2.32. The van der Waals surface area contributed by atoms with Crippen molar-refractivity contribution < 1.29 is 14.4 Å². The second kappa shape index (κ2) is 6.68. The molecule has 92 valence electrons. The van der Waals surface area contributed by atoms with Gasteiger partial charge in [0.1, 0.15) is 0 Å². The first-order valence-electron chi connectivity index (χ1n) is 5.70. The van der Waals surface area contributed by atoms with E-state index >= 15 is 0 Å². The van der Waals surface area contributed by atoms with Gasteiger partial charge in [0, 0.05) is 6.92 Å². The maximum Gasteiger partial charge on any atom is 0.363 e. The summed E-state index contributed by atoms with van der Waals surface area (Å²) in [6, 6.07) is 8.62. The molecule has 0 spiro atoms. The van der Waals surface area contributed by atoms with E-state index in [1.807, 2.05) is 13.0 Å². The number of carbonyl (C=O) groups excluding carboxylic acids is 2. The largest absolute Gasteiger partial charge is 0.363 e. The number of amides is 1. The zero-order chi connectivity index (χ0) is 12.7. The highest BCUT2D eigenvalue weighted by Crippen LogP contribution is 2.05. The first-order valence-corrected chi connectivity index (χ1v) is 5.70. The van der Waals surface area contributed by atoms with Crippen LogP contribution in [-0.4, -0.2) is 23.5 Å². The van der Waals surface area contributed by atoms with E-state index in [1.54, 1.807) is 24.3 Å². The van der Waals surface area contributed by atoms with Crippen LogP contribution in [0.3, 0.4) is 0 Å². The van der Waals surface area contributed by atoms with Crippen LogP contribution in [0.5, 0.6) is 0 Å². The fourth-order valence-electron chi connectivity index (χ4n) is 1.30. The second-order valence-corrected chi connectivity index (χ2v) is 3.72. The fraction of sp³-hybridized carbons (Fsp3) is 0.385. The standard InChI is InChI=1S/C13H17NO3/c1-3-4-10-14(11(2)15)17-13(16)12-8-6-5-7-9-12/h5-9H,3-4,10H2,1-2H3. The summed E-state index contributed by atoms with van der Waals surface area (Å²) >= 11 is 0. The molecule has 1 aromatic rings. The smallest absolute Gasteiger partial charge is 0.333 e. The average molecular weight is 235 g/mol. The van der Waals surface area contributed by atoms with E-state index < -0.39 is 5.97 Å². The Kier molecular flexibility index (Phi) is 5.20. The summed E-state index contributed by atoms with van der Waals surface area (Å²) in [7, 11) is 0. The van der Waals surface area contributed by atoms with Crippen LogP contribution in [0.1, 0.15) is 37.0 Å². The molecule has 0 saturated heterocycles. The summed E-state index contributed by atoms with van der Waals surface area (Å²) in [4.78, 5) is 28.0. The molecule has 0 bridgehead atoms. The van der Waals surface area contributed by atoms with Crippen molar-refractivity contribution >= 4 is 11.9 Å². The quantitative estimate of drug-likeness (QED) is 0.753. The SMILES string of the molecule is CCCCN(OC(=O)c1ccccc1)C(C)=O. The van der Waals surface area contributed by atoms with Gasteiger partial charge in [0.2, 0.25) is 0 Å². The molecular formula is C13H17NO3. The molecule has 0 unspecified atom stereocenters. The summed E-state index contributed by atoms with van der Waals surface area (Å²) in [5.74, 6) is -0.764. The third kappa shape index (κ3) is 4.26. The Balaban J connectivity index is 2.61. The van der Waals surface area contributed by atoms with Crippen LogP contribution in [-0.2, 0) is 9.63 Å². The molecule has 0 aromatic heterocycles. The molecule has 0 aliphatic carbocycles. The van der Waals surface area contributed by atoms with Crippen molar-refractivity contribution in [2.24, 2.45) is 0 Å². The molecule has 0 heterocycles. The highest BCUT2D eigenvalue weighted by molar-refractivity contribution is 5.90. The highest BCUT2D eigenvalue weighted by atomic mass is 16.7. The lowest BCUT2D eigenvalue weighted by atomic mass is 10.2. The van der Waals surface area contributed by atoms with E-state index in [0.717, 1.165) is 17.9 Å². The van der Waals surface area contributed by atoms with Gasteiger partial charge in [-0.25, -0.2) is 4.79 Å². The monoisotopic (exact) mass is 235 g/mol. The predicted molar refractivity (Wildman–Crippen MR) is 64.2 cm³/mol. The molecule has 0 N–H and O–H groups in total. The summed E-state index contributed by atoms with van der Waals surface area (Å²) in [5, 5.41) is 1.11. The molecule has 0 radical (unpaired) electrons. The minimum atomic E-state index is -0.503. The number of hydroxylamine groups is 2. The van der Waals surface area contributed by atoms with E-state index in [2.05, 4.69) is 0 Å². The van der Waals surface area contributed by atoms with Crippen LogP contribution in [0.4, 0.5) is 0 Å². The topological polar surface area (TPSA) is 46.6 Å². The molecule has 1 rings (SSSR count). The van der Waals surface area contributed by atoms with Gasteiger partial charge in [0.05, 0.1) is 12.1 Å². The number of carbonyl (C=O) groups is 2. The fourth-order valence-corrected chi connectivity index (χ4v) is 1.30. The first-order chi connectivity index (χ1) is 8.15. The van der Waals surface area contributed by atoms with Crippen molar-refractivity contribution in [2.75, 3.05) is 6.54 Å². The Hall–Kier alpha value is -1.84. The second-order valence-electron chi connectivity index (χ2n) is 3.72. The molecular weight excluding hydrogens is 218 g/mol. The Morgan fingerprint density at radius 2 is 1.88 bits per heavy atom. The van der Waals surface area contributed by atoms with E-state index in [-0.39, 0.29) is 5.91 Å². The van der Waals surface area contributed by atoms with Gasteiger partial charge in [-0.05, 0) is 18.6 Å². The van der Waals surface area contributed by atoms with E-state index in [4.69, 9.17) is 4.84 Å². The Bertz CT molecular complexity index is 376. The van der Waals surface area contributed by atoms with Crippen LogP contribution in [0.25, 0.3) is 0 Å². The van der Waals surface area contributed by atoms with Crippen LogP contribution in [0.15, 0.2) is 30.3 Å². The molecule has 4 nitrogen and oxygen atoms in total. The number of benzene rings is 1. The molecule has 0 aliphatic heterocycles. The van der Waals surface area contributed by atoms with Gasteiger partial charge in [-0.15, -0.1) is 0 Å². The van der Waals surface area contributed by atoms with Crippen LogP contribution in [0, 0.1) is 0 Å². The van der Waals surface area contributed by atoms with Gasteiger partial charge < -0.3 is 4.84 Å². The van der Waals surface area contributed by atoms with Crippen molar-refractivity contribution in [3.8, 4) is 0 Å². The van der Waals surface area contributed by atoms with Gasteiger partial charge in [-0.1, -0.05) is 31.5 Å². The third-order valence-corrected chi connectivity index (χ3v) is 2.27. The van der Waals surface area contributed by atoms with Crippen molar-refractivity contribution in [2.45, 2.75) is 26.7 Å². The summed E-state index contributed by atoms with van der Waals surface area (Å²) < 4.78 is 0. The number of hydrogen-bond donors (Lipinski definition) is 0. The lowest BCUT2D eigenvalue weighted by Gasteiger charge is -2.19. The van der Waals surface area contributed by atoms with Gasteiger partial charge >= 0.3 is 5.97 Å². The minimum absolute atomic E-state index is 0.261. The normalized spacial score (nSPS) is 9.76. The van der Waals surface area contributed by atoms with Gasteiger partial charge in [-0.2, -0.15) is 5.06 Å². The molecule has 1 amide bonds. The molecule has 4 heteroatoms. The molecule has 0 aliphatic rings. The van der Waals surface area contributed by atoms with Gasteiger partial charge in [-0.3, -0.25) is 4.79 Å². The first kappa shape index (κ1) is 13.2. The van der Waals surface area contributed by atoms with E-state index in [0.29, 0.717) is 12.1 Å². The zero-order valence-electron chi connectivity index (χ0n) is 10.2. The Morgan fingerprint density at radius 3 is 2.41 bits per heavy atom. The number of unbranched alkanes of at least 4 members (excludes halogenated alkanes) is 1. The summed E-state index contributed by atoms with van der Waals surface area (Å²) in [5.41, 5.74) is 0.440. The lowest BCUT2D eigenvalue weighted by molar-refractivity contribution is -0.165. The number of nitrogens with zero attached hydrogens (tertiary/aromatic N) is 1. The third-order valence-electron chi connectivity index (χ3n) is 2.27. The average Bonchev–Trinajstić information content (AvgIpc) is 2.35. The van der Waals surface area contributed by atoms with Crippen molar-refractivity contribution in [3.63, 3.8) is 0 Å². The van der Waals surface area contributed by atoms with Crippen LogP contribution >= 0.6 is 0 Å². The van der Waals surface area contributed by atoms with E-state index in [1.165, 1.54) is 6.92 Å². The van der Waals surface area contributed by atoms with Gasteiger partial charge in [0.15, 0.2) is 0 Å². The maximum atomic E-state index is 11.7. The predicted octanol–water partition coefficient (Wildman–Crippen LogP) is 2.41. The van der Waals surface area contributed by atoms with Crippen LogP contribution < -0.4 is 0 Å². The van der Waals surface area contributed by atoms with Crippen molar-refractivity contribution in [1.82, 2.24) is 5.06 Å². The number of rotatable bonds is 4. The molecule has 0 saturated carbocycles. The highest BCUT2D eigenvalue weighted by Gasteiger charge is 2.15. The molecule has 0 atom stereocenters. The Labute approximate surface area is 101 Å². The maximum absolute atomic E-state index is 11.7. The van der Waals surface area contributed by atoms with Crippen molar-refractivity contribution in [3.05, 3.63) is 35.9 Å². The van der Waals surface area contributed by atoms with Crippen molar-refractivity contribution in [1.29, 1.82) is 0 Å². The van der Waals surface area contributed by atoms with E-state index in [9.17, 15) is 9.59 Å². The Morgan fingerprint density at radius 1 is 1.24 bits per heavy atom. The zero-order valence-corrected chi connectivity index (χ0v) is 10.2. The molecule has 1 aromatic carbocycles. The minimum Gasteiger partial charge on any atom is -0.333 e. The van der Waals surface area contributed by atoms with Gasteiger partial charge in [0.25, 0.3) is 5.91 Å². The number of hydrogen-bond acceptors (Lipinski definition) is 3. The molecule has 17 heavy (non-hydrogen) atoms. The molecule has 0 fully saturated rings. The summed E-state index contributed by atoms with van der Waals surface area (Å²) in [6.07, 6.45) is 1.74. The summed E-state index contributed by atoms with van der Waals surface area (Å²) in [6.45, 7) is 3.83. The van der Waals surface area contributed by atoms with Crippen LogP contribution in [0.2, 0.25) is 0 Å².